The van der Waals surface area contributed by atoms with Crippen molar-refractivity contribution in [3.63, 3.8) is 0 Å². The Morgan fingerprint density at radius 3 is 2.38 bits per heavy atom. The zero-order chi connectivity index (χ0) is 20.1. The van der Waals surface area contributed by atoms with Crippen LogP contribution in [0.15, 0.2) is 73.2 Å². The van der Waals surface area contributed by atoms with Gasteiger partial charge < -0.3 is 0 Å². The van der Waals surface area contributed by atoms with Gasteiger partial charge in [0, 0.05) is 17.0 Å². The van der Waals surface area contributed by atoms with Gasteiger partial charge in [-0.3, -0.25) is 4.98 Å². The number of hydrogen-bond donors (Lipinski definition) is 0. The van der Waals surface area contributed by atoms with Gasteiger partial charge in [0.2, 0.25) is 0 Å². The number of aromatic nitrogens is 3. The van der Waals surface area contributed by atoms with Crippen molar-refractivity contribution in [2.45, 2.75) is 20.8 Å². The van der Waals surface area contributed by atoms with E-state index < -0.39 is 0 Å². The van der Waals surface area contributed by atoms with Gasteiger partial charge in [0.05, 0.1) is 18.1 Å². The molecular weight excluding hydrogens is 354 g/mol. The summed E-state index contributed by atoms with van der Waals surface area (Å²) in [6, 6.07) is 19.5. The molecule has 3 heteroatoms. The molecule has 0 saturated heterocycles. The molecule has 2 aromatic heterocycles. The Morgan fingerprint density at radius 2 is 1.59 bits per heavy atom. The first-order valence-corrected chi connectivity index (χ1v) is 9.96. The van der Waals surface area contributed by atoms with Gasteiger partial charge in [-0.2, -0.15) is 4.57 Å². The highest BCUT2D eigenvalue weighted by atomic mass is 15.1. The van der Waals surface area contributed by atoms with Crippen molar-refractivity contribution in [2.24, 2.45) is 7.05 Å². The van der Waals surface area contributed by atoms with Crippen LogP contribution < -0.4 is 4.57 Å². The summed E-state index contributed by atoms with van der Waals surface area (Å²) in [6.07, 6.45) is 6.26. The average molecular weight is 378 g/mol. The van der Waals surface area contributed by atoms with Crippen LogP contribution in [-0.2, 0) is 7.05 Å². The number of imidazole rings is 1. The third-order valence-corrected chi connectivity index (χ3v) is 5.86. The predicted molar refractivity (Wildman–Crippen MR) is 119 cm³/mol. The van der Waals surface area contributed by atoms with Gasteiger partial charge in [-0.1, -0.05) is 42.5 Å². The van der Waals surface area contributed by atoms with Crippen LogP contribution in [0.3, 0.4) is 0 Å². The lowest BCUT2D eigenvalue weighted by Gasteiger charge is -2.12. The van der Waals surface area contributed by atoms with E-state index in [0.717, 1.165) is 5.52 Å². The van der Waals surface area contributed by atoms with E-state index in [1.54, 1.807) is 0 Å². The van der Waals surface area contributed by atoms with Crippen molar-refractivity contribution in [3.8, 4) is 17.1 Å². The van der Waals surface area contributed by atoms with Crippen molar-refractivity contribution in [1.29, 1.82) is 0 Å². The molecule has 0 N–H and O–H groups in total. The molecule has 0 radical (unpaired) electrons. The van der Waals surface area contributed by atoms with Crippen LogP contribution in [-0.4, -0.2) is 9.55 Å². The summed E-state index contributed by atoms with van der Waals surface area (Å²) in [5.41, 5.74) is 7.28. The van der Waals surface area contributed by atoms with Crippen LogP contribution in [0.2, 0.25) is 0 Å². The molecule has 3 aromatic carbocycles. The van der Waals surface area contributed by atoms with E-state index in [0.29, 0.717) is 0 Å². The van der Waals surface area contributed by atoms with Gasteiger partial charge in [0.15, 0.2) is 0 Å². The highest BCUT2D eigenvalue weighted by Gasteiger charge is 2.23. The lowest BCUT2D eigenvalue weighted by molar-refractivity contribution is -0.659. The Balaban J connectivity index is 1.84. The van der Waals surface area contributed by atoms with Crippen LogP contribution in [0.4, 0.5) is 0 Å². The Morgan fingerprint density at radius 1 is 0.828 bits per heavy atom. The van der Waals surface area contributed by atoms with Crippen LogP contribution in [0.5, 0.6) is 0 Å². The second kappa shape index (κ2) is 6.56. The molecule has 0 bridgehead atoms. The smallest absolute Gasteiger partial charge is 0.256 e. The van der Waals surface area contributed by atoms with Crippen molar-refractivity contribution in [1.82, 2.24) is 9.55 Å². The molecule has 0 amide bonds. The molecule has 0 unspecified atom stereocenters. The van der Waals surface area contributed by atoms with Gasteiger partial charge in [-0.15, -0.1) is 0 Å². The summed E-state index contributed by atoms with van der Waals surface area (Å²) in [7, 11) is 2.12. The minimum atomic E-state index is 1.04. The molecular formula is C26H24N3+. The fraction of sp³-hybridized carbons (Fsp3) is 0.154. The SMILES string of the molecule is Cc1cc2ncc3ccccc3c2cc1-c1n(-c2c(C)cccc2C)cc[n+]1C. The summed E-state index contributed by atoms with van der Waals surface area (Å²) >= 11 is 0. The van der Waals surface area contributed by atoms with Gasteiger partial charge in [0.1, 0.15) is 18.1 Å². The number of rotatable bonds is 2. The molecule has 0 fully saturated rings. The maximum absolute atomic E-state index is 4.71. The molecule has 5 rings (SSSR count). The van der Waals surface area contributed by atoms with E-state index in [9.17, 15) is 0 Å². The molecule has 5 aromatic rings. The van der Waals surface area contributed by atoms with Crippen LogP contribution >= 0.6 is 0 Å². The zero-order valence-electron chi connectivity index (χ0n) is 17.3. The molecule has 2 heterocycles. The maximum atomic E-state index is 4.71. The van der Waals surface area contributed by atoms with E-state index in [4.69, 9.17) is 4.98 Å². The number of pyridine rings is 1. The topological polar surface area (TPSA) is 21.7 Å². The normalized spacial score (nSPS) is 11.4. The summed E-state index contributed by atoms with van der Waals surface area (Å²) in [5.74, 6) is 1.18. The van der Waals surface area contributed by atoms with Crippen molar-refractivity contribution < 1.29 is 4.57 Å². The number of benzene rings is 3. The van der Waals surface area contributed by atoms with E-state index in [1.165, 1.54) is 49.9 Å². The van der Waals surface area contributed by atoms with E-state index in [2.05, 4.69) is 104 Å². The van der Waals surface area contributed by atoms with Gasteiger partial charge in [0.25, 0.3) is 5.82 Å². The Bertz CT molecular complexity index is 1370. The predicted octanol–water partition coefficient (Wildman–Crippen LogP) is 5.60. The second-order valence-corrected chi connectivity index (χ2v) is 7.87. The van der Waals surface area contributed by atoms with Gasteiger partial charge in [-0.05, 0) is 55.0 Å². The molecule has 3 nitrogen and oxygen atoms in total. The molecule has 0 spiro atoms. The molecule has 0 aliphatic heterocycles. The van der Waals surface area contributed by atoms with Crippen molar-refractivity contribution in [3.05, 3.63) is 89.9 Å². The number of fused-ring (bicyclic) bond motifs is 3. The lowest BCUT2D eigenvalue weighted by Crippen LogP contribution is -2.29. The van der Waals surface area contributed by atoms with E-state index in [-0.39, 0.29) is 0 Å². The van der Waals surface area contributed by atoms with E-state index >= 15 is 0 Å². The number of para-hydroxylation sites is 1. The summed E-state index contributed by atoms with van der Waals surface area (Å²) < 4.78 is 4.52. The number of hydrogen-bond acceptors (Lipinski definition) is 1. The first-order chi connectivity index (χ1) is 14.0. The Hall–Kier alpha value is -3.46. The minimum Gasteiger partial charge on any atom is -0.256 e. The molecule has 142 valence electrons. The minimum absolute atomic E-state index is 1.04. The monoisotopic (exact) mass is 378 g/mol. The number of nitrogens with zero attached hydrogens (tertiary/aromatic N) is 3. The molecule has 0 atom stereocenters. The van der Waals surface area contributed by atoms with Gasteiger partial charge in [-0.25, -0.2) is 4.57 Å². The van der Waals surface area contributed by atoms with Crippen molar-refractivity contribution >= 4 is 21.7 Å². The average Bonchev–Trinajstić information content (AvgIpc) is 3.08. The van der Waals surface area contributed by atoms with Crippen LogP contribution in [0.25, 0.3) is 38.8 Å². The first kappa shape index (κ1) is 17.6. The third-order valence-electron chi connectivity index (χ3n) is 5.86. The first-order valence-electron chi connectivity index (χ1n) is 9.96. The highest BCUT2D eigenvalue weighted by molar-refractivity contribution is 6.06. The lowest BCUT2D eigenvalue weighted by atomic mass is 10.00. The van der Waals surface area contributed by atoms with Gasteiger partial charge >= 0.3 is 0 Å². The molecule has 29 heavy (non-hydrogen) atoms. The second-order valence-electron chi connectivity index (χ2n) is 7.87. The third kappa shape index (κ3) is 2.73. The quantitative estimate of drug-likeness (QED) is 0.290. The van der Waals surface area contributed by atoms with Crippen LogP contribution in [0, 0.1) is 20.8 Å². The zero-order valence-corrected chi connectivity index (χ0v) is 17.3. The fourth-order valence-corrected chi connectivity index (χ4v) is 4.41. The molecule has 0 saturated carbocycles. The Kier molecular flexibility index (Phi) is 3.99. The molecule has 0 aliphatic carbocycles. The Labute approximate surface area is 170 Å². The highest BCUT2D eigenvalue weighted by Crippen LogP contribution is 2.32. The standard InChI is InChI=1S/C26H24N3/c1-17-8-7-9-18(2)25(17)29-13-12-28(4)26(29)22-15-23-21-11-6-5-10-20(21)16-27-24(23)14-19(22)3/h5-16H,1-4H3/q+1. The van der Waals surface area contributed by atoms with Crippen molar-refractivity contribution in [2.75, 3.05) is 0 Å². The maximum Gasteiger partial charge on any atom is 0.294 e. The van der Waals surface area contributed by atoms with Crippen LogP contribution in [0.1, 0.15) is 16.7 Å². The van der Waals surface area contributed by atoms with E-state index in [1.807, 2.05) is 6.20 Å². The summed E-state index contributed by atoms with van der Waals surface area (Å²) in [5, 5.41) is 3.61. The fourth-order valence-electron chi connectivity index (χ4n) is 4.41. The largest absolute Gasteiger partial charge is 0.294 e. The number of aryl methyl sites for hydroxylation is 4. The summed E-state index contributed by atoms with van der Waals surface area (Å²) in [4.78, 5) is 4.71. The molecule has 0 aliphatic rings. The summed E-state index contributed by atoms with van der Waals surface area (Å²) in [6.45, 7) is 6.53.